The Balaban J connectivity index is 1.72. The summed E-state index contributed by atoms with van der Waals surface area (Å²) in [5, 5.41) is 4.22. The molecule has 0 aromatic carbocycles. The zero-order valence-electron chi connectivity index (χ0n) is 7.88. The quantitative estimate of drug-likeness (QED) is 0.541. The fraction of sp³-hybridized carbons (Fsp3) is 0.625. The van der Waals surface area contributed by atoms with E-state index in [1.165, 1.54) is 5.41 Å². The molecular formula is C8H11NO4S2. The summed E-state index contributed by atoms with van der Waals surface area (Å²) in [4.78, 5) is 0. The highest BCUT2D eigenvalue weighted by molar-refractivity contribution is 7.94. The van der Waals surface area contributed by atoms with E-state index in [2.05, 4.69) is 5.32 Å². The van der Waals surface area contributed by atoms with Crippen molar-refractivity contribution in [3.63, 3.8) is 0 Å². The minimum absolute atomic E-state index is 0.0381. The largest absolute Gasteiger partial charge is 0.468 e. The van der Waals surface area contributed by atoms with Crippen molar-refractivity contribution in [1.82, 2.24) is 5.32 Å². The third-order valence-corrected chi connectivity index (χ3v) is 3.67. The van der Waals surface area contributed by atoms with Crippen LogP contribution in [-0.4, -0.2) is 44.7 Å². The van der Waals surface area contributed by atoms with Crippen LogP contribution in [0.2, 0.25) is 0 Å². The van der Waals surface area contributed by atoms with Crippen molar-refractivity contribution in [3.8, 4) is 0 Å². The molecular weight excluding hydrogens is 238 g/mol. The molecule has 15 heavy (non-hydrogen) atoms. The van der Waals surface area contributed by atoms with Crippen LogP contribution in [0.1, 0.15) is 0 Å². The van der Waals surface area contributed by atoms with E-state index >= 15 is 0 Å². The molecule has 0 spiro atoms. The molecule has 0 radical (unpaired) electrons. The van der Waals surface area contributed by atoms with E-state index in [9.17, 15) is 8.42 Å². The van der Waals surface area contributed by atoms with Crippen LogP contribution in [0.4, 0.5) is 0 Å². The van der Waals surface area contributed by atoms with Crippen molar-refractivity contribution in [3.05, 3.63) is 11.5 Å². The number of epoxide rings is 1. The molecule has 1 fully saturated rings. The van der Waals surface area contributed by atoms with Crippen LogP contribution < -0.4 is 5.32 Å². The lowest BCUT2D eigenvalue weighted by Gasteiger charge is -2.12. The van der Waals surface area contributed by atoms with E-state index in [4.69, 9.17) is 21.7 Å². The van der Waals surface area contributed by atoms with Gasteiger partial charge in [-0.2, -0.15) is 0 Å². The maximum absolute atomic E-state index is 11.1. The summed E-state index contributed by atoms with van der Waals surface area (Å²) in [5.74, 6) is 0.0381. The maximum Gasteiger partial charge on any atom is 0.257 e. The molecule has 0 aromatic heterocycles. The molecule has 1 N–H and O–H groups in total. The van der Waals surface area contributed by atoms with Crippen molar-refractivity contribution in [2.45, 2.75) is 12.1 Å². The zero-order chi connectivity index (χ0) is 10.9. The van der Waals surface area contributed by atoms with Crippen LogP contribution in [0.25, 0.3) is 0 Å². The second-order valence-electron chi connectivity index (χ2n) is 3.46. The molecule has 2 aliphatic heterocycles. The van der Waals surface area contributed by atoms with E-state index in [0.717, 1.165) is 0 Å². The van der Waals surface area contributed by atoms with Crippen molar-refractivity contribution in [2.75, 3.05) is 19.0 Å². The van der Waals surface area contributed by atoms with Gasteiger partial charge in [0.05, 0.1) is 18.4 Å². The van der Waals surface area contributed by atoms with Crippen molar-refractivity contribution >= 4 is 27.2 Å². The summed E-state index contributed by atoms with van der Waals surface area (Å²) in [6.45, 7) is 1.13. The number of sulfone groups is 1. The number of rotatable bonds is 3. The molecule has 2 atom stereocenters. The number of hydrogen-bond acceptors (Lipinski definition) is 5. The molecule has 2 rings (SSSR count). The van der Waals surface area contributed by atoms with Crippen LogP contribution in [0, 0.1) is 0 Å². The number of nitrogens with one attached hydrogen (secondary N) is 1. The average molecular weight is 249 g/mol. The third kappa shape index (κ3) is 3.44. The van der Waals surface area contributed by atoms with Gasteiger partial charge >= 0.3 is 0 Å². The van der Waals surface area contributed by atoms with Crippen molar-refractivity contribution in [1.29, 1.82) is 0 Å². The SMILES string of the molecule is O=S1(=O)C=CC(NC(=S)OCC2CO2)C1. The van der Waals surface area contributed by atoms with Crippen molar-refractivity contribution in [2.24, 2.45) is 0 Å². The molecule has 0 bridgehead atoms. The fourth-order valence-corrected chi connectivity index (χ4v) is 2.65. The predicted molar refractivity (Wildman–Crippen MR) is 58.1 cm³/mol. The van der Waals surface area contributed by atoms with Gasteiger partial charge in [-0.05, 0) is 18.3 Å². The van der Waals surface area contributed by atoms with Crippen LogP contribution in [0.15, 0.2) is 11.5 Å². The van der Waals surface area contributed by atoms with E-state index in [-0.39, 0.29) is 23.1 Å². The standard InChI is InChI=1S/C8H11NO4S2/c10-15(11)2-1-6(5-15)9-8(14)13-4-7-3-12-7/h1-2,6-7H,3-5H2,(H,9,14). The van der Waals surface area contributed by atoms with Gasteiger partial charge in [-0.15, -0.1) is 0 Å². The molecule has 5 nitrogen and oxygen atoms in total. The highest BCUT2D eigenvalue weighted by atomic mass is 32.2. The molecule has 2 unspecified atom stereocenters. The Labute approximate surface area is 93.4 Å². The average Bonchev–Trinajstić information content (AvgIpc) is 2.89. The molecule has 2 aliphatic rings. The Bertz CT molecular complexity index is 385. The number of ether oxygens (including phenoxy) is 2. The van der Waals surface area contributed by atoms with E-state index in [1.54, 1.807) is 6.08 Å². The van der Waals surface area contributed by atoms with Gasteiger partial charge in [0.25, 0.3) is 5.17 Å². The van der Waals surface area contributed by atoms with Gasteiger partial charge in [0.1, 0.15) is 12.7 Å². The topological polar surface area (TPSA) is 67.9 Å². The first-order valence-corrected chi connectivity index (χ1v) is 6.63. The second kappa shape index (κ2) is 4.07. The summed E-state index contributed by atoms with van der Waals surface area (Å²) in [6, 6.07) is -0.275. The Hall–Kier alpha value is -0.660. The lowest BCUT2D eigenvalue weighted by Crippen LogP contribution is -2.36. The molecule has 0 aliphatic carbocycles. The summed E-state index contributed by atoms with van der Waals surface area (Å²) >= 11 is 4.89. The minimum atomic E-state index is -3.04. The Morgan fingerprint density at radius 1 is 1.67 bits per heavy atom. The summed E-state index contributed by atoms with van der Waals surface area (Å²) in [6.07, 6.45) is 1.71. The molecule has 0 saturated carbocycles. The maximum atomic E-state index is 11.1. The summed E-state index contributed by atoms with van der Waals surface area (Å²) < 4.78 is 32.2. The van der Waals surface area contributed by atoms with Gasteiger partial charge in [0.2, 0.25) is 0 Å². The Morgan fingerprint density at radius 3 is 2.93 bits per heavy atom. The highest BCUT2D eigenvalue weighted by Crippen LogP contribution is 2.10. The highest BCUT2D eigenvalue weighted by Gasteiger charge is 2.25. The predicted octanol–water partition coefficient (Wildman–Crippen LogP) is -0.413. The smallest absolute Gasteiger partial charge is 0.257 e. The van der Waals surface area contributed by atoms with Crippen LogP contribution in [0.5, 0.6) is 0 Å². The Morgan fingerprint density at radius 2 is 2.40 bits per heavy atom. The number of hydrogen-bond donors (Lipinski definition) is 1. The number of thiocarbonyl (C=S) groups is 1. The monoisotopic (exact) mass is 249 g/mol. The lowest BCUT2D eigenvalue weighted by atomic mass is 10.3. The summed E-state index contributed by atoms with van der Waals surface area (Å²) in [7, 11) is -3.04. The first-order valence-electron chi connectivity index (χ1n) is 4.51. The van der Waals surface area contributed by atoms with Crippen LogP contribution in [0.3, 0.4) is 0 Å². The van der Waals surface area contributed by atoms with Gasteiger partial charge in [0.15, 0.2) is 9.84 Å². The molecule has 0 aromatic rings. The molecule has 1 saturated heterocycles. The lowest BCUT2D eigenvalue weighted by molar-refractivity contribution is 0.248. The van der Waals surface area contributed by atoms with Gasteiger partial charge in [-0.1, -0.05) is 0 Å². The van der Waals surface area contributed by atoms with E-state index < -0.39 is 9.84 Å². The first-order chi connectivity index (χ1) is 7.05. The van der Waals surface area contributed by atoms with Gasteiger partial charge in [0, 0.05) is 5.41 Å². The van der Waals surface area contributed by atoms with Crippen molar-refractivity contribution < 1.29 is 17.9 Å². The third-order valence-electron chi connectivity index (χ3n) is 2.04. The fourth-order valence-electron chi connectivity index (χ4n) is 1.19. The van der Waals surface area contributed by atoms with Gasteiger partial charge in [-0.3, -0.25) is 0 Å². The first kappa shape index (κ1) is 10.8. The van der Waals surface area contributed by atoms with E-state index in [1.807, 2.05) is 0 Å². The second-order valence-corrected chi connectivity index (χ2v) is 5.76. The Kier molecular flexibility index (Phi) is 2.94. The summed E-state index contributed by atoms with van der Waals surface area (Å²) in [5.41, 5.74) is 0. The molecule has 0 amide bonds. The van der Waals surface area contributed by atoms with Crippen LogP contribution >= 0.6 is 12.2 Å². The van der Waals surface area contributed by atoms with Gasteiger partial charge < -0.3 is 14.8 Å². The normalized spacial score (nSPS) is 31.2. The minimum Gasteiger partial charge on any atom is -0.468 e. The zero-order valence-corrected chi connectivity index (χ0v) is 9.51. The van der Waals surface area contributed by atoms with Gasteiger partial charge in [-0.25, -0.2) is 8.42 Å². The molecule has 2 heterocycles. The van der Waals surface area contributed by atoms with E-state index in [0.29, 0.717) is 13.2 Å². The van der Waals surface area contributed by atoms with Crippen LogP contribution in [-0.2, 0) is 19.3 Å². The molecule has 7 heteroatoms. The molecule has 84 valence electrons.